The normalized spacial score (nSPS) is 16.2. The molecule has 6 nitrogen and oxygen atoms in total. The smallest absolute Gasteiger partial charge is 0.343 e. The second-order valence-electron chi connectivity index (χ2n) is 3.46. The highest BCUT2D eigenvalue weighted by atomic mass is 16.5. The minimum atomic E-state index is -0.564. The molecule has 0 aromatic carbocycles. The summed E-state index contributed by atoms with van der Waals surface area (Å²) < 4.78 is 9.22. The third-order valence-electron chi connectivity index (χ3n) is 2.22. The summed E-state index contributed by atoms with van der Waals surface area (Å²) in [6.45, 7) is 0.587. The third kappa shape index (κ3) is 4.26. The van der Waals surface area contributed by atoms with Crippen LogP contribution in [0.5, 0.6) is 0 Å². The summed E-state index contributed by atoms with van der Waals surface area (Å²) in [6.07, 6.45) is 2.42. The van der Waals surface area contributed by atoms with Gasteiger partial charge in [0.1, 0.15) is 11.3 Å². The number of ether oxygens (including phenoxy) is 2. The Morgan fingerprint density at radius 2 is 2.41 bits per heavy atom. The number of nitrogens with zero attached hydrogens (tertiary/aromatic N) is 1. The summed E-state index contributed by atoms with van der Waals surface area (Å²) in [4.78, 5) is 26.0. The first-order valence-corrected chi connectivity index (χ1v) is 5.31. The van der Waals surface area contributed by atoms with E-state index in [1.165, 1.54) is 13.3 Å². The third-order valence-corrected chi connectivity index (χ3v) is 2.22. The zero-order chi connectivity index (χ0) is 12.7. The average Bonchev–Trinajstić information content (AvgIpc) is 2.31. The van der Waals surface area contributed by atoms with E-state index in [0.717, 1.165) is 0 Å². The van der Waals surface area contributed by atoms with Crippen LogP contribution in [0.4, 0.5) is 0 Å². The van der Waals surface area contributed by atoms with Crippen LogP contribution in [0, 0.1) is 0 Å². The Morgan fingerprint density at radius 1 is 1.65 bits per heavy atom. The lowest BCUT2D eigenvalue weighted by Gasteiger charge is -2.12. The molecule has 1 aliphatic heterocycles. The van der Waals surface area contributed by atoms with Gasteiger partial charge in [-0.05, 0) is 6.42 Å². The van der Waals surface area contributed by atoms with E-state index >= 15 is 0 Å². The van der Waals surface area contributed by atoms with Gasteiger partial charge in [0, 0.05) is 25.6 Å². The molecule has 1 aliphatic rings. The number of carbonyl (C=O) groups excluding carboxylic acids is 2. The molecule has 94 valence electrons. The molecular formula is C11H15NO5. The average molecular weight is 241 g/mol. The van der Waals surface area contributed by atoms with Crippen molar-refractivity contribution in [2.45, 2.75) is 19.3 Å². The van der Waals surface area contributed by atoms with Crippen molar-refractivity contribution in [1.82, 2.24) is 0 Å². The molecule has 0 saturated carbocycles. The number of hydrogen-bond acceptors (Lipinski definition) is 6. The predicted molar refractivity (Wildman–Crippen MR) is 59.8 cm³/mol. The predicted octanol–water partition coefficient (Wildman–Crippen LogP) is 0.769. The molecule has 0 aliphatic carbocycles. The van der Waals surface area contributed by atoms with Gasteiger partial charge in [0.05, 0.1) is 13.7 Å². The van der Waals surface area contributed by atoms with Crippen LogP contribution in [0.15, 0.2) is 16.3 Å². The SMILES string of the molecule is COC(=O)CCCN=CC1=C(O)CCOC1=O. The summed E-state index contributed by atoms with van der Waals surface area (Å²) >= 11 is 0. The largest absolute Gasteiger partial charge is 0.511 e. The van der Waals surface area contributed by atoms with E-state index in [-0.39, 0.29) is 30.3 Å². The van der Waals surface area contributed by atoms with E-state index in [1.54, 1.807) is 0 Å². The van der Waals surface area contributed by atoms with E-state index in [2.05, 4.69) is 9.73 Å². The van der Waals surface area contributed by atoms with Crippen LogP contribution in [0.3, 0.4) is 0 Å². The molecule has 17 heavy (non-hydrogen) atoms. The minimum absolute atomic E-state index is 0.00188. The maximum Gasteiger partial charge on any atom is 0.343 e. The highest BCUT2D eigenvalue weighted by Gasteiger charge is 2.19. The number of carbonyl (C=O) groups is 2. The summed E-state index contributed by atoms with van der Waals surface area (Å²) in [5, 5.41) is 9.44. The molecule has 1 heterocycles. The maximum atomic E-state index is 11.2. The van der Waals surface area contributed by atoms with Crippen molar-refractivity contribution in [3.63, 3.8) is 0 Å². The van der Waals surface area contributed by atoms with Gasteiger partial charge in [-0.25, -0.2) is 4.79 Å². The summed E-state index contributed by atoms with van der Waals surface area (Å²) in [5.74, 6) is -0.859. The number of esters is 2. The number of hydrogen-bond donors (Lipinski definition) is 1. The highest BCUT2D eigenvalue weighted by molar-refractivity contribution is 6.10. The van der Waals surface area contributed by atoms with Gasteiger partial charge in [0.2, 0.25) is 0 Å². The van der Waals surface area contributed by atoms with Gasteiger partial charge < -0.3 is 14.6 Å². The van der Waals surface area contributed by atoms with E-state index in [1.807, 2.05) is 0 Å². The van der Waals surface area contributed by atoms with Crippen molar-refractivity contribution in [2.75, 3.05) is 20.3 Å². The fourth-order valence-corrected chi connectivity index (χ4v) is 1.27. The van der Waals surface area contributed by atoms with Crippen molar-refractivity contribution in [1.29, 1.82) is 0 Å². The first-order valence-electron chi connectivity index (χ1n) is 5.31. The summed E-state index contributed by atoms with van der Waals surface area (Å²) in [5.41, 5.74) is 0.0920. The molecule has 0 amide bonds. The Labute approximate surface area is 98.9 Å². The molecule has 0 aromatic heterocycles. The first-order chi connectivity index (χ1) is 8.15. The number of methoxy groups -OCH3 is 1. The first kappa shape index (κ1) is 13.2. The lowest BCUT2D eigenvalue weighted by Crippen LogP contribution is -2.18. The number of aliphatic hydroxyl groups excluding tert-OH is 1. The quantitative estimate of drug-likeness (QED) is 0.436. The Morgan fingerprint density at radius 3 is 3.06 bits per heavy atom. The fourth-order valence-electron chi connectivity index (χ4n) is 1.27. The Hall–Kier alpha value is -1.85. The topological polar surface area (TPSA) is 85.2 Å². The summed E-state index contributed by atoms with van der Waals surface area (Å²) in [6, 6.07) is 0. The second-order valence-corrected chi connectivity index (χ2v) is 3.46. The number of cyclic esters (lactones) is 1. The van der Waals surface area contributed by atoms with Crippen LogP contribution in [0.25, 0.3) is 0 Å². The molecule has 6 heteroatoms. The van der Waals surface area contributed by atoms with Crippen LogP contribution in [-0.2, 0) is 19.1 Å². The van der Waals surface area contributed by atoms with Crippen LogP contribution in [0.2, 0.25) is 0 Å². The zero-order valence-corrected chi connectivity index (χ0v) is 9.64. The molecule has 1 rings (SSSR count). The molecule has 1 N–H and O–H groups in total. The van der Waals surface area contributed by atoms with Crippen LogP contribution >= 0.6 is 0 Å². The van der Waals surface area contributed by atoms with Gasteiger partial charge in [-0.15, -0.1) is 0 Å². The van der Waals surface area contributed by atoms with E-state index in [4.69, 9.17) is 4.74 Å². The number of aliphatic imine (C=N–C) groups is 1. The van der Waals surface area contributed by atoms with Gasteiger partial charge >= 0.3 is 11.9 Å². The Bertz CT molecular complexity index is 359. The van der Waals surface area contributed by atoms with Gasteiger partial charge in [-0.2, -0.15) is 0 Å². The lowest BCUT2D eigenvalue weighted by atomic mass is 10.1. The second kappa shape index (κ2) is 6.67. The van der Waals surface area contributed by atoms with Crippen molar-refractivity contribution in [2.24, 2.45) is 4.99 Å². The monoisotopic (exact) mass is 241 g/mol. The van der Waals surface area contributed by atoms with Crippen LogP contribution in [0.1, 0.15) is 19.3 Å². The van der Waals surface area contributed by atoms with Crippen LogP contribution in [-0.4, -0.2) is 43.5 Å². The van der Waals surface area contributed by atoms with Crippen molar-refractivity contribution in [3.05, 3.63) is 11.3 Å². The van der Waals surface area contributed by atoms with Crippen molar-refractivity contribution < 1.29 is 24.2 Å². The zero-order valence-electron chi connectivity index (χ0n) is 9.64. The lowest BCUT2D eigenvalue weighted by molar-refractivity contribution is -0.141. The van der Waals surface area contributed by atoms with E-state index in [9.17, 15) is 14.7 Å². The minimum Gasteiger partial charge on any atom is -0.511 e. The Balaban J connectivity index is 2.38. The molecule has 0 unspecified atom stereocenters. The van der Waals surface area contributed by atoms with E-state index < -0.39 is 5.97 Å². The molecule has 0 spiro atoms. The fraction of sp³-hybridized carbons (Fsp3) is 0.545. The Kier molecular flexibility index (Phi) is 5.19. The standard InChI is InChI=1S/C11H15NO5/c1-16-10(14)3-2-5-12-7-8-9(13)4-6-17-11(8)15/h7,13H,2-6H2,1H3. The molecule has 0 aromatic rings. The molecule has 0 radical (unpaired) electrons. The molecule has 0 saturated heterocycles. The van der Waals surface area contributed by atoms with Gasteiger partial charge in [0.15, 0.2) is 0 Å². The maximum absolute atomic E-state index is 11.2. The van der Waals surface area contributed by atoms with E-state index in [0.29, 0.717) is 19.4 Å². The number of rotatable bonds is 5. The molecule has 0 atom stereocenters. The molecular weight excluding hydrogens is 226 g/mol. The van der Waals surface area contributed by atoms with Crippen molar-refractivity contribution >= 4 is 18.2 Å². The van der Waals surface area contributed by atoms with Gasteiger partial charge in [-0.1, -0.05) is 0 Å². The molecule has 0 fully saturated rings. The number of aliphatic hydroxyl groups is 1. The van der Waals surface area contributed by atoms with Crippen molar-refractivity contribution in [3.8, 4) is 0 Å². The van der Waals surface area contributed by atoms with Crippen LogP contribution < -0.4 is 0 Å². The van der Waals surface area contributed by atoms with Gasteiger partial charge in [0.25, 0.3) is 0 Å². The summed E-state index contributed by atoms with van der Waals surface area (Å²) in [7, 11) is 1.33. The highest BCUT2D eigenvalue weighted by Crippen LogP contribution is 2.12. The van der Waals surface area contributed by atoms with Gasteiger partial charge in [-0.3, -0.25) is 9.79 Å². The molecule has 0 bridgehead atoms.